The number of hydrogen-bond acceptors (Lipinski definition) is 3. The zero-order valence-corrected chi connectivity index (χ0v) is 32.0. The minimum absolute atomic E-state index is 0.912. The third-order valence-corrected chi connectivity index (χ3v) is 17.7. The number of fused-ring (bicyclic) bond motifs is 13. The molecule has 5 heterocycles. The van der Waals surface area contributed by atoms with Crippen LogP contribution in [0, 0.1) is 0 Å². The molecule has 0 fully saturated rings. The zero-order valence-electron chi connectivity index (χ0n) is 30.2. The zero-order chi connectivity index (χ0) is 36.8. The summed E-state index contributed by atoms with van der Waals surface area (Å²) in [4.78, 5) is 9.93. The molecule has 12 rings (SSSR count). The molecular weight excluding hydrogens is 717 g/mol. The van der Waals surface area contributed by atoms with E-state index in [9.17, 15) is 0 Å². The van der Waals surface area contributed by atoms with Gasteiger partial charge in [-0.15, -0.1) is 11.3 Å². The summed E-state index contributed by atoms with van der Waals surface area (Å²) < 4.78 is 7.23. The van der Waals surface area contributed by atoms with Crippen LogP contribution in [0.25, 0.3) is 75.1 Å². The number of rotatable bonds is 5. The summed E-state index contributed by atoms with van der Waals surface area (Å²) in [5, 5.41) is 14.0. The number of thiophene rings is 1. The van der Waals surface area contributed by atoms with Gasteiger partial charge in [0.15, 0.2) is 8.07 Å². The summed E-state index contributed by atoms with van der Waals surface area (Å²) in [5.74, 6) is 0.912. The maximum atomic E-state index is 4.97. The van der Waals surface area contributed by atoms with Gasteiger partial charge in [0.25, 0.3) is 0 Å². The van der Waals surface area contributed by atoms with E-state index in [-0.39, 0.29) is 0 Å². The molecule has 0 saturated carbocycles. The Morgan fingerprint density at radius 3 is 1.89 bits per heavy atom. The van der Waals surface area contributed by atoms with Crippen LogP contribution in [0.5, 0.6) is 0 Å². The Morgan fingerprint density at radius 1 is 0.411 bits per heavy atom. The molecule has 0 saturated heterocycles. The molecule has 6 heteroatoms. The molecule has 0 bridgehead atoms. The van der Waals surface area contributed by atoms with E-state index in [1.807, 2.05) is 29.8 Å². The normalized spacial score (nSPS) is 12.3. The lowest BCUT2D eigenvalue weighted by Crippen LogP contribution is -2.74. The first-order valence-corrected chi connectivity index (χ1v) is 21.8. The number of benzene rings is 7. The molecule has 0 amide bonds. The highest BCUT2D eigenvalue weighted by Crippen LogP contribution is 2.43. The van der Waals surface area contributed by atoms with Crippen molar-refractivity contribution in [2.45, 2.75) is 0 Å². The average molecular weight is 749 g/mol. The molecule has 0 spiro atoms. The number of nitrogens with zero attached hydrogens (tertiary/aromatic N) is 4. The molecule has 0 N–H and O–H groups in total. The lowest BCUT2D eigenvalue weighted by atomic mass is 10.1. The van der Waals surface area contributed by atoms with Crippen molar-refractivity contribution in [2.75, 3.05) is 0 Å². The molecule has 0 aliphatic carbocycles. The van der Waals surface area contributed by atoms with Crippen LogP contribution < -0.4 is 20.7 Å². The molecule has 12 aromatic rings. The fourth-order valence-corrected chi connectivity index (χ4v) is 15.4. The summed E-state index contributed by atoms with van der Waals surface area (Å²) in [7, 11) is -2.99. The number of aromatic nitrogens is 4. The van der Waals surface area contributed by atoms with Gasteiger partial charge in [-0.05, 0) is 68.6 Å². The Hall–Kier alpha value is -6.86. The Bertz CT molecular complexity index is 3440. The molecule has 0 radical (unpaired) electrons. The van der Waals surface area contributed by atoms with Crippen molar-refractivity contribution in [1.29, 1.82) is 0 Å². The highest BCUT2D eigenvalue weighted by molar-refractivity contribution is 7.26. The van der Waals surface area contributed by atoms with Gasteiger partial charge in [-0.1, -0.05) is 133 Å². The predicted octanol–water partition coefficient (Wildman–Crippen LogP) is 9.88. The molecule has 0 aliphatic heterocycles. The molecule has 0 atom stereocenters. The van der Waals surface area contributed by atoms with Crippen molar-refractivity contribution < 1.29 is 0 Å². The van der Waals surface area contributed by atoms with E-state index in [0.717, 1.165) is 33.4 Å². The Kier molecular flexibility index (Phi) is 6.79. The highest BCUT2D eigenvalue weighted by atomic mass is 32.1. The van der Waals surface area contributed by atoms with Crippen molar-refractivity contribution in [2.24, 2.45) is 0 Å². The van der Waals surface area contributed by atoms with Gasteiger partial charge in [0, 0.05) is 60.3 Å². The Balaban J connectivity index is 1.24. The second-order valence-electron chi connectivity index (χ2n) is 14.6. The standard InChI is InChI=1S/C50H32N4SSi/c1-3-13-33(14-4-1)56(34-15-5-2-6-16-34,35-22-24-37-38-17-7-9-19-42(38)53-30-29-52-50(53)41(37)31-35)36-23-25-39-44(32-36)54(47-21-11-12-28-51-47)43-26-27-46-49(48(39)43)40-18-8-10-20-45(40)55-46/h1-32H. The van der Waals surface area contributed by atoms with E-state index in [1.54, 1.807) is 0 Å². The third-order valence-electron chi connectivity index (χ3n) is 11.8. The van der Waals surface area contributed by atoms with Crippen LogP contribution in [0.15, 0.2) is 195 Å². The Morgan fingerprint density at radius 2 is 1.11 bits per heavy atom. The molecule has 4 nitrogen and oxygen atoms in total. The van der Waals surface area contributed by atoms with E-state index in [0.29, 0.717) is 0 Å². The maximum absolute atomic E-state index is 4.97. The topological polar surface area (TPSA) is 35.1 Å². The van der Waals surface area contributed by atoms with Crippen molar-refractivity contribution in [1.82, 2.24) is 18.9 Å². The quantitative estimate of drug-likeness (QED) is 0.0999. The first-order valence-electron chi connectivity index (χ1n) is 19.0. The smallest absolute Gasteiger partial charge is 0.179 e. The van der Waals surface area contributed by atoms with E-state index < -0.39 is 8.07 Å². The van der Waals surface area contributed by atoms with Gasteiger partial charge in [-0.25, -0.2) is 9.97 Å². The molecule has 262 valence electrons. The first-order chi connectivity index (χ1) is 27.8. The molecule has 7 aromatic carbocycles. The van der Waals surface area contributed by atoms with Crippen molar-refractivity contribution in [3.8, 4) is 5.82 Å². The summed E-state index contributed by atoms with van der Waals surface area (Å²) >= 11 is 1.87. The molecule has 5 aromatic heterocycles. The van der Waals surface area contributed by atoms with Crippen LogP contribution in [0.1, 0.15) is 0 Å². The largest absolute Gasteiger partial charge is 0.299 e. The van der Waals surface area contributed by atoms with Crippen LogP contribution >= 0.6 is 11.3 Å². The summed E-state index contributed by atoms with van der Waals surface area (Å²) in [6, 6.07) is 65.2. The van der Waals surface area contributed by atoms with E-state index in [4.69, 9.17) is 9.97 Å². The monoisotopic (exact) mass is 748 g/mol. The molecule has 56 heavy (non-hydrogen) atoms. The molecular formula is C50H32N4SSi. The second kappa shape index (κ2) is 12.1. The molecule has 0 unspecified atom stereocenters. The van der Waals surface area contributed by atoms with Gasteiger partial charge in [-0.2, -0.15) is 0 Å². The summed E-state index contributed by atoms with van der Waals surface area (Å²) in [5.41, 5.74) is 4.46. The van der Waals surface area contributed by atoms with E-state index in [1.165, 1.54) is 62.5 Å². The number of hydrogen-bond donors (Lipinski definition) is 0. The fraction of sp³-hybridized carbons (Fsp3) is 0. The van der Waals surface area contributed by atoms with Crippen LogP contribution in [-0.2, 0) is 0 Å². The van der Waals surface area contributed by atoms with Crippen LogP contribution in [0.3, 0.4) is 0 Å². The third kappa shape index (κ3) is 4.33. The minimum atomic E-state index is -2.99. The first kappa shape index (κ1) is 31.5. The van der Waals surface area contributed by atoms with Gasteiger partial charge in [0.2, 0.25) is 0 Å². The van der Waals surface area contributed by atoms with Crippen LogP contribution in [0.2, 0.25) is 0 Å². The van der Waals surface area contributed by atoms with Crippen LogP contribution in [-0.4, -0.2) is 27.0 Å². The summed E-state index contributed by atoms with van der Waals surface area (Å²) in [6.07, 6.45) is 5.91. The summed E-state index contributed by atoms with van der Waals surface area (Å²) in [6.45, 7) is 0. The minimum Gasteiger partial charge on any atom is -0.299 e. The van der Waals surface area contributed by atoms with Gasteiger partial charge >= 0.3 is 0 Å². The maximum Gasteiger partial charge on any atom is 0.179 e. The SMILES string of the molecule is c1ccc([Si](c2ccccc2)(c2ccc3c4ccccc4n4ccnc4c3c2)c2ccc3c4c5c(ccc4n(-c4ccccn4)c3c2)sc2ccccc25)cc1. The van der Waals surface area contributed by atoms with E-state index >= 15 is 0 Å². The van der Waals surface area contributed by atoms with Crippen molar-refractivity contribution in [3.63, 3.8) is 0 Å². The number of pyridine rings is 2. The fourth-order valence-electron chi connectivity index (χ4n) is 9.47. The van der Waals surface area contributed by atoms with Crippen LogP contribution in [0.4, 0.5) is 0 Å². The van der Waals surface area contributed by atoms with Gasteiger partial charge < -0.3 is 0 Å². The lowest BCUT2D eigenvalue weighted by Gasteiger charge is -2.35. The van der Waals surface area contributed by atoms with Gasteiger partial charge in [-0.3, -0.25) is 8.97 Å². The number of imidazole rings is 1. The average Bonchev–Trinajstić information content (AvgIpc) is 4.00. The Labute approximate surface area is 327 Å². The number of para-hydroxylation sites is 1. The highest BCUT2D eigenvalue weighted by Gasteiger charge is 2.42. The van der Waals surface area contributed by atoms with Crippen molar-refractivity contribution >= 4 is 109 Å². The van der Waals surface area contributed by atoms with E-state index in [2.05, 4.69) is 185 Å². The van der Waals surface area contributed by atoms with Gasteiger partial charge in [0.1, 0.15) is 11.5 Å². The van der Waals surface area contributed by atoms with Crippen molar-refractivity contribution in [3.05, 3.63) is 195 Å². The van der Waals surface area contributed by atoms with Gasteiger partial charge in [0.05, 0.1) is 16.6 Å². The molecule has 0 aliphatic rings. The predicted molar refractivity (Wildman–Crippen MR) is 239 cm³/mol. The second-order valence-corrected chi connectivity index (χ2v) is 19.5. The lowest BCUT2D eigenvalue weighted by molar-refractivity contribution is 1.08.